The average Bonchev–Trinajstić information content (AvgIpc) is 2.40. The third-order valence-electron chi connectivity index (χ3n) is 4.53. The van der Waals surface area contributed by atoms with Gasteiger partial charge in [0, 0.05) is 0 Å². The second kappa shape index (κ2) is 5.41. The van der Waals surface area contributed by atoms with Crippen LogP contribution in [-0.4, -0.2) is 5.11 Å². The fourth-order valence-electron chi connectivity index (χ4n) is 2.65. The predicted octanol–water partition coefficient (Wildman–Crippen LogP) is 4.62. The second-order valence-corrected chi connectivity index (χ2v) is 5.96. The summed E-state index contributed by atoms with van der Waals surface area (Å²) < 4.78 is 0. The summed E-state index contributed by atoms with van der Waals surface area (Å²) >= 11 is 0. The lowest BCUT2D eigenvalue weighted by Gasteiger charge is -2.17. The Kier molecular flexibility index (Phi) is 4.01. The molecule has 2 aromatic rings. The molecule has 2 aromatic carbocycles. The van der Waals surface area contributed by atoms with Gasteiger partial charge in [0.05, 0.1) is 0 Å². The Hall–Kier alpha value is -1.60. The lowest BCUT2D eigenvalue weighted by molar-refractivity contribution is 0.220. The summed E-state index contributed by atoms with van der Waals surface area (Å²) in [5.41, 5.74) is 9.51. The molecule has 0 amide bonds. The number of hydrogen-bond acceptors (Lipinski definition) is 1. The van der Waals surface area contributed by atoms with Crippen LogP contribution in [0.4, 0.5) is 0 Å². The SMILES string of the molecule is Cc1cc(C(O)c2cc(C)c(C)c(C)c2)cc(C)c1C. The lowest BCUT2D eigenvalue weighted by atomic mass is 9.92. The molecule has 0 spiro atoms. The molecule has 0 saturated carbocycles. The van der Waals surface area contributed by atoms with Gasteiger partial charge in [-0.15, -0.1) is 0 Å². The molecule has 0 radical (unpaired) electrons. The van der Waals surface area contributed by atoms with Crippen molar-refractivity contribution < 1.29 is 5.11 Å². The third-order valence-corrected chi connectivity index (χ3v) is 4.53. The topological polar surface area (TPSA) is 20.2 Å². The summed E-state index contributed by atoms with van der Waals surface area (Å²) in [6.45, 7) is 12.7. The first-order valence-electron chi connectivity index (χ1n) is 7.14. The molecule has 20 heavy (non-hydrogen) atoms. The number of rotatable bonds is 2. The molecule has 2 rings (SSSR count). The number of aryl methyl sites for hydroxylation is 4. The molecule has 0 saturated heterocycles. The molecule has 1 nitrogen and oxygen atoms in total. The van der Waals surface area contributed by atoms with Gasteiger partial charge < -0.3 is 5.11 Å². The zero-order chi connectivity index (χ0) is 15.0. The van der Waals surface area contributed by atoms with Gasteiger partial charge in [-0.25, -0.2) is 0 Å². The summed E-state index contributed by atoms with van der Waals surface area (Å²) in [7, 11) is 0. The van der Waals surface area contributed by atoms with Gasteiger partial charge in [-0.3, -0.25) is 0 Å². The van der Waals surface area contributed by atoms with E-state index < -0.39 is 6.10 Å². The number of hydrogen-bond donors (Lipinski definition) is 1. The van der Waals surface area contributed by atoms with Gasteiger partial charge in [-0.2, -0.15) is 0 Å². The fraction of sp³-hybridized carbons (Fsp3) is 0.368. The van der Waals surface area contributed by atoms with Crippen molar-refractivity contribution >= 4 is 0 Å². The minimum atomic E-state index is -0.550. The molecule has 106 valence electrons. The van der Waals surface area contributed by atoms with Crippen molar-refractivity contribution in [3.63, 3.8) is 0 Å². The highest BCUT2D eigenvalue weighted by atomic mass is 16.3. The largest absolute Gasteiger partial charge is 0.384 e. The second-order valence-electron chi connectivity index (χ2n) is 5.96. The summed E-state index contributed by atoms with van der Waals surface area (Å²) in [6.07, 6.45) is -0.550. The first kappa shape index (κ1) is 14.8. The maximum atomic E-state index is 10.7. The Morgan fingerprint density at radius 1 is 0.600 bits per heavy atom. The molecule has 0 unspecified atom stereocenters. The van der Waals surface area contributed by atoms with E-state index in [1.54, 1.807) is 0 Å². The number of aliphatic hydroxyl groups is 1. The summed E-state index contributed by atoms with van der Waals surface area (Å²) in [4.78, 5) is 0. The Morgan fingerprint density at radius 2 is 0.850 bits per heavy atom. The van der Waals surface area contributed by atoms with Crippen LogP contribution in [0.25, 0.3) is 0 Å². The van der Waals surface area contributed by atoms with Crippen molar-refractivity contribution in [2.45, 2.75) is 47.6 Å². The van der Waals surface area contributed by atoms with E-state index in [4.69, 9.17) is 0 Å². The Labute approximate surface area is 122 Å². The van der Waals surface area contributed by atoms with Crippen LogP contribution in [0.1, 0.15) is 50.6 Å². The molecular formula is C19H24O. The van der Waals surface area contributed by atoms with E-state index in [0.717, 1.165) is 11.1 Å². The molecule has 0 bridgehead atoms. The quantitative estimate of drug-likeness (QED) is 0.842. The molecular weight excluding hydrogens is 244 g/mol. The van der Waals surface area contributed by atoms with Crippen LogP contribution >= 0.6 is 0 Å². The Morgan fingerprint density at radius 3 is 1.10 bits per heavy atom. The van der Waals surface area contributed by atoms with Crippen LogP contribution in [0.5, 0.6) is 0 Å². The van der Waals surface area contributed by atoms with Crippen LogP contribution in [0.15, 0.2) is 24.3 Å². The van der Waals surface area contributed by atoms with Crippen molar-refractivity contribution in [1.29, 1.82) is 0 Å². The summed E-state index contributed by atoms with van der Waals surface area (Å²) in [6, 6.07) is 8.38. The van der Waals surface area contributed by atoms with Crippen LogP contribution in [-0.2, 0) is 0 Å². The van der Waals surface area contributed by atoms with E-state index in [1.165, 1.54) is 33.4 Å². The van der Waals surface area contributed by atoms with Gasteiger partial charge in [0.1, 0.15) is 6.10 Å². The highest BCUT2D eigenvalue weighted by Crippen LogP contribution is 2.28. The van der Waals surface area contributed by atoms with Crippen molar-refractivity contribution in [2.24, 2.45) is 0 Å². The molecule has 0 aliphatic rings. The Balaban J connectivity index is 2.49. The zero-order valence-electron chi connectivity index (χ0n) is 13.3. The molecule has 0 atom stereocenters. The van der Waals surface area contributed by atoms with Crippen molar-refractivity contribution in [3.05, 3.63) is 68.8 Å². The normalized spacial score (nSPS) is 11.2. The van der Waals surface area contributed by atoms with E-state index in [1.807, 2.05) is 0 Å². The van der Waals surface area contributed by atoms with Crippen LogP contribution in [0.2, 0.25) is 0 Å². The molecule has 0 fully saturated rings. The van der Waals surface area contributed by atoms with Crippen LogP contribution in [0.3, 0.4) is 0 Å². The molecule has 0 aliphatic carbocycles. The lowest BCUT2D eigenvalue weighted by Crippen LogP contribution is -2.03. The minimum absolute atomic E-state index is 0.550. The molecule has 1 N–H and O–H groups in total. The van der Waals surface area contributed by atoms with Crippen LogP contribution < -0.4 is 0 Å². The molecule has 1 heteroatoms. The van der Waals surface area contributed by atoms with Gasteiger partial charge in [0.2, 0.25) is 0 Å². The van der Waals surface area contributed by atoms with E-state index in [0.29, 0.717) is 0 Å². The monoisotopic (exact) mass is 268 g/mol. The third kappa shape index (κ3) is 2.64. The van der Waals surface area contributed by atoms with E-state index in [9.17, 15) is 5.11 Å². The van der Waals surface area contributed by atoms with Crippen LogP contribution in [0, 0.1) is 41.5 Å². The Bertz CT molecular complexity index is 549. The van der Waals surface area contributed by atoms with E-state index in [-0.39, 0.29) is 0 Å². The maximum Gasteiger partial charge on any atom is 0.104 e. The van der Waals surface area contributed by atoms with E-state index >= 15 is 0 Å². The first-order valence-corrected chi connectivity index (χ1v) is 7.14. The average molecular weight is 268 g/mol. The summed E-state index contributed by atoms with van der Waals surface area (Å²) in [5.74, 6) is 0. The molecule has 0 aliphatic heterocycles. The first-order chi connectivity index (χ1) is 9.31. The van der Waals surface area contributed by atoms with Crippen molar-refractivity contribution in [1.82, 2.24) is 0 Å². The van der Waals surface area contributed by atoms with Gasteiger partial charge in [0.15, 0.2) is 0 Å². The summed E-state index contributed by atoms with van der Waals surface area (Å²) in [5, 5.41) is 10.7. The zero-order valence-corrected chi connectivity index (χ0v) is 13.3. The predicted molar refractivity (Wildman–Crippen MR) is 85.4 cm³/mol. The molecule has 0 heterocycles. The minimum Gasteiger partial charge on any atom is -0.384 e. The number of benzene rings is 2. The fourth-order valence-corrected chi connectivity index (χ4v) is 2.65. The standard InChI is InChI=1S/C19H24O/c1-11-7-17(8-12(2)15(11)5)19(20)18-9-13(3)16(6)14(4)10-18/h7-10,19-20H,1-6H3. The maximum absolute atomic E-state index is 10.7. The van der Waals surface area contributed by atoms with Gasteiger partial charge in [0.25, 0.3) is 0 Å². The van der Waals surface area contributed by atoms with Gasteiger partial charge in [-0.1, -0.05) is 24.3 Å². The van der Waals surface area contributed by atoms with E-state index in [2.05, 4.69) is 65.8 Å². The number of aliphatic hydroxyl groups excluding tert-OH is 1. The van der Waals surface area contributed by atoms with Gasteiger partial charge >= 0.3 is 0 Å². The van der Waals surface area contributed by atoms with Crippen molar-refractivity contribution in [3.8, 4) is 0 Å². The highest BCUT2D eigenvalue weighted by Gasteiger charge is 2.14. The highest BCUT2D eigenvalue weighted by molar-refractivity contribution is 5.44. The smallest absolute Gasteiger partial charge is 0.104 e. The van der Waals surface area contributed by atoms with Gasteiger partial charge in [-0.05, 0) is 86.1 Å². The van der Waals surface area contributed by atoms with Crippen molar-refractivity contribution in [2.75, 3.05) is 0 Å². The molecule has 0 aromatic heterocycles.